The minimum absolute atomic E-state index is 0.0593. The Morgan fingerprint density at radius 2 is 1.85 bits per heavy atom. The van der Waals surface area contributed by atoms with Crippen LogP contribution in [0.15, 0.2) is 62.7 Å². The van der Waals surface area contributed by atoms with Crippen LogP contribution in [-0.4, -0.2) is 51.0 Å². The van der Waals surface area contributed by atoms with Gasteiger partial charge in [-0.25, -0.2) is 13.0 Å². The van der Waals surface area contributed by atoms with Crippen LogP contribution in [0, 0.1) is 0 Å². The van der Waals surface area contributed by atoms with Gasteiger partial charge in [0.15, 0.2) is 5.52 Å². The van der Waals surface area contributed by atoms with Crippen molar-refractivity contribution in [3.63, 3.8) is 0 Å². The van der Waals surface area contributed by atoms with Gasteiger partial charge >= 0.3 is 0 Å². The average molecular weight is 484 g/mol. The van der Waals surface area contributed by atoms with Crippen molar-refractivity contribution in [3.8, 4) is 17.1 Å². The Balaban J connectivity index is 1.51. The Kier molecular flexibility index (Phi) is 5.66. The summed E-state index contributed by atoms with van der Waals surface area (Å²) in [6, 6.07) is 12.7. The van der Waals surface area contributed by atoms with Gasteiger partial charge in [0.1, 0.15) is 21.9 Å². The van der Waals surface area contributed by atoms with E-state index < -0.39 is 10.0 Å². The van der Waals surface area contributed by atoms with Crippen LogP contribution >= 0.6 is 0 Å². The van der Waals surface area contributed by atoms with Crippen LogP contribution in [0.25, 0.3) is 22.4 Å². The van der Waals surface area contributed by atoms with Crippen LogP contribution in [0.1, 0.15) is 13.8 Å². The summed E-state index contributed by atoms with van der Waals surface area (Å²) >= 11 is 0. The van der Waals surface area contributed by atoms with Gasteiger partial charge in [-0.3, -0.25) is 4.72 Å². The minimum Gasteiger partial charge on any atom is -0.495 e. The number of ether oxygens (including phenoxy) is 1. The van der Waals surface area contributed by atoms with E-state index in [1.54, 1.807) is 30.3 Å². The number of hydrogen-bond donors (Lipinski definition) is 2. The lowest BCUT2D eigenvalue weighted by molar-refractivity contribution is 0.315. The summed E-state index contributed by atoms with van der Waals surface area (Å²) in [5.74, 6) is 0.941. The van der Waals surface area contributed by atoms with Crippen molar-refractivity contribution in [1.29, 1.82) is 0 Å². The van der Waals surface area contributed by atoms with Crippen molar-refractivity contribution in [2.75, 3.05) is 29.8 Å². The molecule has 0 saturated carbocycles. The number of hydrogen-bond acceptors (Lipinski definition) is 9. The van der Waals surface area contributed by atoms with Crippen LogP contribution in [0.2, 0.25) is 0 Å². The van der Waals surface area contributed by atoms with E-state index in [1.807, 2.05) is 6.07 Å². The molecule has 1 aliphatic rings. The highest BCUT2D eigenvalue weighted by Crippen LogP contribution is 2.35. The van der Waals surface area contributed by atoms with Gasteiger partial charge in [-0.2, -0.15) is 0 Å². The number of sulfonamides is 1. The number of fused-ring (bicyclic) bond motifs is 1. The van der Waals surface area contributed by atoms with Crippen molar-refractivity contribution < 1.29 is 22.2 Å². The van der Waals surface area contributed by atoms with Gasteiger partial charge in [-0.05, 0) is 66.6 Å². The van der Waals surface area contributed by atoms with Crippen molar-refractivity contribution in [1.82, 2.24) is 15.6 Å². The molecule has 1 saturated heterocycles. The van der Waals surface area contributed by atoms with Crippen molar-refractivity contribution in [2.45, 2.75) is 30.8 Å². The lowest BCUT2D eigenvalue weighted by atomic mass is 10.1. The molecule has 0 amide bonds. The molecule has 3 heterocycles. The fraction of sp³-hybridized carbons (Fsp3) is 0.304. The number of methoxy groups -OCH3 is 1. The van der Waals surface area contributed by atoms with E-state index in [0.717, 1.165) is 18.8 Å². The zero-order valence-electron chi connectivity index (χ0n) is 19.0. The molecule has 0 spiro atoms. The van der Waals surface area contributed by atoms with Crippen LogP contribution < -0.4 is 19.7 Å². The standard InChI is InChI=1S/C23H25N5O5S/c1-14-12-28(13-15(2)24-14)16-6-8-20(31-3)18(11-16)27-34(29,30)21-9-7-17(19-5-4-10-32-19)22-23(21)26-33-25-22/h4-11,14-15,24,27H,12-13H2,1-3H3/t14-,15+. The normalized spacial score (nSPS) is 18.9. The van der Waals surface area contributed by atoms with Gasteiger partial charge < -0.3 is 19.4 Å². The van der Waals surface area contributed by atoms with E-state index in [-0.39, 0.29) is 10.4 Å². The van der Waals surface area contributed by atoms with Crippen LogP contribution in [0.5, 0.6) is 5.75 Å². The second-order valence-corrected chi connectivity index (χ2v) is 10.1. The third kappa shape index (κ3) is 4.08. The molecule has 2 aromatic carbocycles. The van der Waals surface area contributed by atoms with Crippen LogP contribution in [0.4, 0.5) is 11.4 Å². The number of piperazine rings is 1. The molecular weight excluding hydrogens is 458 g/mol. The maximum atomic E-state index is 13.4. The fourth-order valence-corrected chi connectivity index (χ4v) is 5.60. The van der Waals surface area contributed by atoms with E-state index >= 15 is 0 Å². The average Bonchev–Trinajstić information content (AvgIpc) is 3.50. The second-order valence-electron chi connectivity index (χ2n) is 8.41. The number of rotatable bonds is 6. The predicted octanol–water partition coefficient (Wildman–Crippen LogP) is 3.48. The highest BCUT2D eigenvalue weighted by Gasteiger charge is 2.26. The summed E-state index contributed by atoms with van der Waals surface area (Å²) in [5.41, 5.74) is 2.23. The third-order valence-corrected chi connectivity index (χ3v) is 7.20. The topological polar surface area (TPSA) is 123 Å². The van der Waals surface area contributed by atoms with E-state index in [2.05, 4.69) is 39.1 Å². The van der Waals surface area contributed by atoms with Gasteiger partial charge in [0.2, 0.25) is 0 Å². The molecule has 1 aliphatic heterocycles. The lowest BCUT2D eigenvalue weighted by Crippen LogP contribution is -2.54. The molecule has 10 nitrogen and oxygen atoms in total. The third-order valence-electron chi connectivity index (χ3n) is 5.80. The summed E-state index contributed by atoms with van der Waals surface area (Å²) in [6.07, 6.45) is 1.53. The van der Waals surface area contributed by atoms with Gasteiger partial charge in [0.05, 0.1) is 19.1 Å². The Bertz CT molecular complexity index is 1410. The number of nitrogens with zero attached hydrogens (tertiary/aromatic N) is 3. The van der Waals surface area contributed by atoms with Crippen molar-refractivity contribution >= 4 is 32.4 Å². The summed E-state index contributed by atoms with van der Waals surface area (Å²) in [4.78, 5) is 2.16. The van der Waals surface area contributed by atoms with Crippen LogP contribution in [0.3, 0.4) is 0 Å². The van der Waals surface area contributed by atoms with Crippen LogP contribution in [-0.2, 0) is 10.0 Å². The first-order valence-electron chi connectivity index (χ1n) is 10.9. The zero-order valence-corrected chi connectivity index (χ0v) is 19.8. The molecule has 34 heavy (non-hydrogen) atoms. The summed E-state index contributed by atoms with van der Waals surface area (Å²) < 4.78 is 45.3. The smallest absolute Gasteiger partial charge is 0.264 e. The molecule has 11 heteroatoms. The molecule has 178 valence electrons. The molecule has 0 aliphatic carbocycles. The first kappa shape index (κ1) is 22.2. The Hall–Kier alpha value is -3.57. The zero-order chi connectivity index (χ0) is 23.9. The summed E-state index contributed by atoms with van der Waals surface area (Å²) in [7, 11) is -2.55. The molecule has 2 atom stereocenters. The number of aromatic nitrogens is 2. The molecule has 2 N–H and O–H groups in total. The monoisotopic (exact) mass is 483 g/mol. The molecule has 2 aromatic heterocycles. The SMILES string of the molecule is COc1ccc(N2C[C@@H](C)N[C@@H](C)C2)cc1NS(=O)(=O)c1ccc(-c2ccco2)c2nonc12. The Morgan fingerprint density at radius 1 is 1.09 bits per heavy atom. The Morgan fingerprint density at radius 3 is 2.56 bits per heavy atom. The minimum atomic E-state index is -4.05. The number of benzene rings is 2. The molecule has 4 aromatic rings. The highest BCUT2D eigenvalue weighted by molar-refractivity contribution is 7.93. The summed E-state index contributed by atoms with van der Waals surface area (Å²) in [6.45, 7) is 5.86. The maximum Gasteiger partial charge on any atom is 0.264 e. The quantitative estimate of drug-likeness (QED) is 0.424. The summed E-state index contributed by atoms with van der Waals surface area (Å²) in [5, 5.41) is 11.3. The van der Waals surface area contributed by atoms with Gasteiger partial charge in [0, 0.05) is 36.4 Å². The van der Waals surface area contributed by atoms with Crippen molar-refractivity contribution in [2.24, 2.45) is 0 Å². The molecule has 0 bridgehead atoms. The fourth-order valence-electron chi connectivity index (χ4n) is 4.40. The van der Waals surface area contributed by atoms with E-state index in [9.17, 15) is 8.42 Å². The van der Waals surface area contributed by atoms with E-state index in [0.29, 0.717) is 40.4 Å². The van der Waals surface area contributed by atoms with Gasteiger partial charge in [0.25, 0.3) is 10.0 Å². The lowest BCUT2D eigenvalue weighted by Gasteiger charge is -2.38. The second kappa shape index (κ2) is 8.65. The number of nitrogens with one attached hydrogen (secondary N) is 2. The number of furan rings is 1. The highest BCUT2D eigenvalue weighted by atomic mass is 32.2. The first-order chi connectivity index (χ1) is 16.4. The molecule has 1 fully saturated rings. The van der Waals surface area contributed by atoms with Crippen molar-refractivity contribution in [3.05, 3.63) is 48.7 Å². The number of anilines is 2. The van der Waals surface area contributed by atoms with E-state index in [4.69, 9.17) is 13.8 Å². The van der Waals surface area contributed by atoms with Gasteiger partial charge in [-0.1, -0.05) is 0 Å². The van der Waals surface area contributed by atoms with E-state index in [1.165, 1.54) is 19.4 Å². The molecule has 5 rings (SSSR count). The largest absolute Gasteiger partial charge is 0.495 e. The maximum absolute atomic E-state index is 13.4. The molecular formula is C23H25N5O5S. The van der Waals surface area contributed by atoms with Gasteiger partial charge in [-0.15, -0.1) is 0 Å². The first-order valence-corrected chi connectivity index (χ1v) is 12.3. The Labute approximate surface area is 196 Å². The molecule has 0 radical (unpaired) electrons. The molecule has 0 unspecified atom stereocenters. The predicted molar refractivity (Wildman–Crippen MR) is 128 cm³/mol.